The number of hydrogen-bond donors (Lipinski definition) is 1. The van der Waals surface area contributed by atoms with Crippen molar-refractivity contribution in [3.05, 3.63) is 12.2 Å². The number of nitrogens with zero attached hydrogens (tertiary/aromatic N) is 1. The van der Waals surface area contributed by atoms with Crippen molar-refractivity contribution in [2.75, 3.05) is 0 Å². The maximum absolute atomic E-state index is 11.4. The summed E-state index contributed by atoms with van der Waals surface area (Å²) in [5.41, 5.74) is -2.18. The van der Waals surface area contributed by atoms with Gasteiger partial charge in [-0.2, -0.15) is 5.26 Å². The summed E-state index contributed by atoms with van der Waals surface area (Å²) >= 11 is 0. The van der Waals surface area contributed by atoms with Gasteiger partial charge in [0.1, 0.15) is 11.6 Å². The van der Waals surface area contributed by atoms with Crippen molar-refractivity contribution in [2.45, 2.75) is 45.1 Å². The zero-order chi connectivity index (χ0) is 13.5. The van der Waals surface area contributed by atoms with Crippen LogP contribution in [0.1, 0.15) is 39.5 Å². The van der Waals surface area contributed by atoms with Crippen molar-refractivity contribution in [3.63, 3.8) is 0 Å². The van der Waals surface area contributed by atoms with Crippen LogP contribution in [0.2, 0.25) is 0 Å². The van der Waals surface area contributed by atoms with Crippen molar-refractivity contribution in [1.82, 2.24) is 0 Å². The summed E-state index contributed by atoms with van der Waals surface area (Å²) < 4.78 is 4.35. The lowest BCUT2D eigenvalue weighted by Gasteiger charge is -2.19. The van der Waals surface area contributed by atoms with E-state index in [1.807, 2.05) is 6.92 Å². The third-order valence-corrected chi connectivity index (χ3v) is 2.27. The van der Waals surface area contributed by atoms with E-state index in [-0.39, 0.29) is 6.42 Å². The van der Waals surface area contributed by atoms with Crippen molar-refractivity contribution < 1.29 is 19.4 Å². The maximum atomic E-state index is 11.4. The number of ether oxygens (including phenoxy) is 1. The van der Waals surface area contributed by atoms with Gasteiger partial charge in [-0.1, -0.05) is 26.3 Å². The first kappa shape index (κ1) is 15.3. The van der Waals surface area contributed by atoms with E-state index in [0.29, 0.717) is 6.42 Å². The molecule has 5 nitrogen and oxygen atoms in total. The lowest BCUT2D eigenvalue weighted by Crippen LogP contribution is -2.38. The van der Waals surface area contributed by atoms with Crippen LogP contribution in [-0.2, 0) is 14.3 Å². The second kappa shape index (κ2) is 6.81. The summed E-state index contributed by atoms with van der Waals surface area (Å²) in [6, 6.07) is 1.47. The molecule has 17 heavy (non-hydrogen) atoms. The summed E-state index contributed by atoms with van der Waals surface area (Å²) in [5, 5.41) is 18.1. The maximum Gasteiger partial charge on any atom is 0.355 e. The first-order valence-electron chi connectivity index (χ1n) is 5.43. The van der Waals surface area contributed by atoms with Crippen LogP contribution in [0.5, 0.6) is 0 Å². The highest BCUT2D eigenvalue weighted by molar-refractivity contribution is 6.00. The fourth-order valence-corrected chi connectivity index (χ4v) is 1.12. The third-order valence-electron chi connectivity index (χ3n) is 2.27. The molecule has 0 aliphatic carbocycles. The number of esters is 2. The number of rotatable bonds is 6. The molecule has 1 unspecified atom stereocenters. The first-order valence-corrected chi connectivity index (χ1v) is 5.43. The summed E-state index contributed by atoms with van der Waals surface area (Å²) in [6.45, 7) is 6.39. The topological polar surface area (TPSA) is 87.4 Å². The van der Waals surface area contributed by atoms with Crippen LogP contribution < -0.4 is 0 Å². The number of unbranched alkanes of at least 4 members (excludes halogenated alkanes) is 2. The summed E-state index contributed by atoms with van der Waals surface area (Å²) in [6.07, 6.45) is 2.70. The zero-order valence-electron chi connectivity index (χ0n) is 10.2. The molecular weight excluding hydrogens is 222 g/mol. The van der Waals surface area contributed by atoms with Crippen molar-refractivity contribution >= 4 is 11.9 Å². The van der Waals surface area contributed by atoms with Gasteiger partial charge in [-0.3, -0.25) is 0 Å². The molecule has 94 valence electrons. The molecule has 0 bridgehead atoms. The minimum atomic E-state index is -1.71. The van der Waals surface area contributed by atoms with E-state index in [4.69, 9.17) is 5.26 Å². The Balaban J connectivity index is 4.34. The highest BCUT2D eigenvalue weighted by Crippen LogP contribution is 2.16. The van der Waals surface area contributed by atoms with Gasteiger partial charge in [0.25, 0.3) is 0 Å². The van der Waals surface area contributed by atoms with E-state index in [9.17, 15) is 14.7 Å². The highest BCUT2D eigenvalue weighted by Gasteiger charge is 2.33. The van der Waals surface area contributed by atoms with E-state index in [1.54, 1.807) is 0 Å². The largest absolute Gasteiger partial charge is 0.387 e. The van der Waals surface area contributed by atoms with Crippen LogP contribution in [0.3, 0.4) is 0 Å². The van der Waals surface area contributed by atoms with Crippen LogP contribution in [-0.4, -0.2) is 22.6 Å². The van der Waals surface area contributed by atoms with E-state index in [0.717, 1.165) is 12.8 Å². The van der Waals surface area contributed by atoms with E-state index < -0.39 is 23.1 Å². The molecule has 0 heterocycles. The molecule has 1 atom stereocenters. The Bertz CT molecular complexity index is 352. The van der Waals surface area contributed by atoms with Gasteiger partial charge in [0.05, 0.1) is 0 Å². The Hall–Kier alpha value is -1.67. The minimum absolute atomic E-state index is 0.214. The summed E-state index contributed by atoms with van der Waals surface area (Å²) in [4.78, 5) is 22.5. The van der Waals surface area contributed by atoms with Gasteiger partial charge in [-0.15, -0.1) is 0 Å². The Kier molecular flexibility index (Phi) is 6.15. The molecule has 0 aliphatic heterocycles. The second-order valence-corrected chi connectivity index (χ2v) is 4.00. The van der Waals surface area contributed by atoms with Gasteiger partial charge < -0.3 is 9.84 Å². The van der Waals surface area contributed by atoms with Gasteiger partial charge >= 0.3 is 11.9 Å². The van der Waals surface area contributed by atoms with Crippen molar-refractivity contribution in [3.8, 4) is 6.07 Å². The molecule has 0 aliphatic rings. The number of hydrogen-bond acceptors (Lipinski definition) is 5. The normalized spacial score (nSPS) is 13.3. The molecule has 0 rings (SSSR count). The van der Waals surface area contributed by atoms with Crippen LogP contribution >= 0.6 is 0 Å². The van der Waals surface area contributed by atoms with Gasteiger partial charge in [-0.25, -0.2) is 9.59 Å². The second-order valence-electron chi connectivity index (χ2n) is 4.00. The zero-order valence-corrected chi connectivity index (χ0v) is 10.2. The first-order chi connectivity index (χ1) is 7.85. The van der Waals surface area contributed by atoms with E-state index in [1.165, 1.54) is 13.0 Å². The average Bonchev–Trinajstić information content (AvgIpc) is 2.27. The van der Waals surface area contributed by atoms with E-state index >= 15 is 0 Å². The molecule has 0 aromatic heterocycles. The van der Waals surface area contributed by atoms with Crippen LogP contribution in [0.15, 0.2) is 12.2 Å². The molecule has 0 saturated carbocycles. The Morgan fingerprint density at radius 2 is 2.06 bits per heavy atom. The molecule has 0 spiro atoms. The summed E-state index contributed by atoms with van der Waals surface area (Å²) in [5.74, 6) is -2.16. The third kappa shape index (κ3) is 5.27. The Morgan fingerprint density at radius 1 is 1.47 bits per heavy atom. The van der Waals surface area contributed by atoms with Crippen LogP contribution in [0.4, 0.5) is 0 Å². The lowest BCUT2D eigenvalue weighted by atomic mass is 9.99. The predicted molar refractivity (Wildman–Crippen MR) is 60.6 cm³/mol. The van der Waals surface area contributed by atoms with E-state index in [2.05, 4.69) is 11.3 Å². The molecule has 0 fully saturated rings. The summed E-state index contributed by atoms with van der Waals surface area (Å²) in [7, 11) is 0. The lowest BCUT2D eigenvalue weighted by molar-refractivity contribution is -0.171. The number of carbonyl (C=O) groups is 2. The molecule has 5 heteroatoms. The average molecular weight is 239 g/mol. The molecule has 0 saturated heterocycles. The number of aliphatic hydroxyl groups is 1. The van der Waals surface area contributed by atoms with Crippen LogP contribution in [0, 0.1) is 11.3 Å². The fourth-order valence-electron chi connectivity index (χ4n) is 1.12. The van der Waals surface area contributed by atoms with Gasteiger partial charge in [0, 0.05) is 0 Å². The predicted octanol–water partition coefficient (Wildman–Crippen LogP) is 1.47. The SMILES string of the molecule is C=C(C#N)C(=O)OC(=O)C(C)(O)CCCCC. The quantitative estimate of drug-likeness (QED) is 0.249. The van der Waals surface area contributed by atoms with Crippen LogP contribution in [0.25, 0.3) is 0 Å². The molecule has 1 N–H and O–H groups in total. The monoisotopic (exact) mass is 239 g/mol. The molecule has 0 aromatic carbocycles. The van der Waals surface area contributed by atoms with Gasteiger partial charge in [0.15, 0.2) is 5.60 Å². The standard InChI is InChI=1S/C12H17NO4/c1-4-5-6-7-12(3,16)11(15)17-10(14)9(2)8-13/h16H,2,4-7H2,1,3H3. The fraction of sp³-hybridized carbons (Fsp3) is 0.583. The molecule has 0 aromatic rings. The molecule has 0 amide bonds. The molecule has 0 radical (unpaired) electrons. The molecular formula is C12H17NO4. The number of nitriles is 1. The van der Waals surface area contributed by atoms with Crippen molar-refractivity contribution in [1.29, 1.82) is 5.26 Å². The highest BCUT2D eigenvalue weighted by atomic mass is 16.6. The Morgan fingerprint density at radius 3 is 2.53 bits per heavy atom. The Labute approximate surface area is 101 Å². The van der Waals surface area contributed by atoms with Crippen molar-refractivity contribution in [2.24, 2.45) is 0 Å². The minimum Gasteiger partial charge on any atom is -0.387 e. The van der Waals surface area contributed by atoms with Gasteiger partial charge in [-0.05, 0) is 19.8 Å². The van der Waals surface area contributed by atoms with Gasteiger partial charge in [0.2, 0.25) is 0 Å². The smallest absolute Gasteiger partial charge is 0.355 e. The number of carbonyl (C=O) groups excluding carboxylic acids is 2.